The Morgan fingerprint density at radius 2 is 2.00 bits per heavy atom. The van der Waals surface area contributed by atoms with E-state index in [2.05, 4.69) is 23.2 Å². The fourth-order valence-corrected chi connectivity index (χ4v) is 3.95. The third-order valence-electron chi connectivity index (χ3n) is 5.45. The summed E-state index contributed by atoms with van der Waals surface area (Å²) >= 11 is 0. The summed E-state index contributed by atoms with van der Waals surface area (Å²) < 4.78 is 0. The summed E-state index contributed by atoms with van der Waals surface area (Å²) in [6.07, 6.45) is 8.04. The lowest BCUT2D eigenvalue weighted by Crippen LogP contribution is -2.50. The van der Waals surface area contributed by atoms with Crippen molar-refractivity contribution in [3.63, 3.8) is 0 Å². The Balaban J connectivity index is 1.90. The highest BCUT2D eigenvalue weighted by atomic mass is 15.2. The van der Waals surface area contributed by atoms with Gasteiger partial charge in [0.25, 0.3) is 0 Å². The van der Waals surface area contributed by atoms with E-state index < -0.39 is 0 Å². The molecule has 0 aromatic carbocycles. The average molecular weight is 263 g/mol. The Morgan fingerprint density at radius 3 is 2.63 bits per heavy atom. The molecular weight excluding hydrogens is 234 g/mol. The fourth-order valence-electron chi connectivity index (χ4n) is 3.95. The number of rotatable bonds is 4. The van der Waals surface area contributed by atoms with Gasteiger partial charge in [0, 0.05) is 12.6 Å². The molecule has 2 rings (SSSR count). The van der Waals surface area contributed by atoms with Crippen LogP contribution in [0.25, 0.3) is 0 Å². The summed E-state index contributed by atoms with van der Waals surface area (Å²) in [5.74, 6) is 1.91. The fraction of sp³-hybridized carbons (Fsp3) is 0.938. The molecule has 2 fully saturated rings. The molecular formula is C16H29N3. The van der Waals surface area contributed by atoms with Gasteiger partial charge in [-0.1, -0.05) is 19.3 Å². The zero-order valence-electron chi connectivity index (χ0n) is 12.8. The third-order valence-corrected chi connectivity index (χ3v) is 5.45. The van der Waals surface area contributed by atoms with Gasteiger partial charge in [-0.05, 0) is 58.5 Å². The topological polar surface area (TPSA) is 39.1 Å². The maximum absolute atomic E-state index is 9.29. The Hall–Kier alpha value is -0.590. The van der Waals surface area contributed by atoms with Crippen LogP contribution in [0.3, 0.4) is 0 Å². The van der Waals surface area contributed by atoms with Crippen molar-refractivity contribution in [2.75, 3.05) is 20.1 Å². The smallest absolute Gasteiger partial charge is 0.105 e. The van der Waals surface area contributed by atoms with Crippen LogP contribution in [0.15, 0.2) is 0 Å². The molecule has 0 aromatic rings. The van der Waals surface area contributed by atoms with Crippen molar-refractivity contribution in [3.8, 4) is 6.07 Å². The normalized spacial score (nSPS) is 32.9. The molecule has 1 heterocycles. The predicted octanol–water partition coefficient (Wildman–Crippen LogP) is 2.78. The maximum atomic E-state index is 9.29. The number of nitriles is 1. The van der Waals surface area contributed by atoms with Gasteiger partial charge in [-0.15, -0.1) is 0 Å². The molecule has 1 N–H and O–H groups in total. The average Bonchev–Trinajstić information content (AvgIpc) is 2.46. The Morgan fingerprint density at radius 1 is 1.32 bits per heavy atom. The van der Waals surface area contributed by atoms with Crippen molar-refractivity contribution in [2.45, 2.75) is 64.0 Å². The summed E-state index contributed by atoms with van der Waals surface area (Å²) in [5, 5.41) is 12.5. The van der Waals surface area contributed by atoms with E-state index in [-0.39, 0.29) is 5.54 Å². The van der Waals surface area contributed by atoms with Crippen LogP contribution in [0.5, 0.6) is 0 Å². The minimum atomic E-state index is -0.386. The maximum Gasteiger partial charge on any atom is 0.105 e. The van der Waals surface area contributed by atoms with Gasteiger partial charge in [0.15, 0.2) is 0 Å². The van der Waals surface area contributed by atoms with Crippen molar-refractivity contribution < 1.29 is 0 Å². The lowest BCUT2D eigenvalue weighted by Gasteiger charge is -2.44. The first-order valence-corrected chi connectivity index (χ1v) is 7.92. The van der Waals surface area contributed by atoms with Gasteiger partial charge in [-0.25, -0.2) is 0 Å². The van der Waals surface area contributed by atoms with Crippen LogP contribution in [0.4, 0.5) is 0 Å². The molecule has 2 aliphatic rings. The monoisotopic (exact) mass is 263 g/mol. The molecule has 0 spiro atoms. The molecule has 0 aromatic heterocycles. The van der Waals surface area contributed by atoms with Gasteiger partial charge in [0.2, 0.25) is 0 Å². The van der Waals surface area contributed by atoms with Crippen LogP contribution in [-0.4, -0.2) is 36.6 Å². The molecule has 0 radical (unpaired) electrons. The number of piperidine rings is 1. The van der Waals surface area contributed by atoms with E-state index in [1.54, 1.807) is 0 Å². The summed E-state index contributed by atoms with van der Waals surface area (Å²) in [6, 6.07) is 2.92. The van der Waals surface area contributed by atoms with E-state index in [0.717, 1.165) is 18.3 Å². The van der Waals surface area contributed by atoms with E-state index in [1.807, 2.05) is 14.0 Å². The molecule has 4 atom stereocenters. The second kappa shape index (κ2) is 6.24. The molecule has 0 amide bonds. The molecule has 3 heteroatoms. The summed E-state index contributed by atoms with van der Waals surface area (Å²) in [5.41, 5.74) is -0.386. The van der Waals surface area contributed by atoms with Gasteiger partial charge in [0.1, 0.15) is 5.54 Å². The van der Waals surface area contributed by atoms with Gasteiger partial charge in [-0.3, -0.25) is 0 Å². The van der Waals surface area contributed by atoms with Gasteiger partial charge in [0.05, 0.1) is 6.07 Å². The first kappa shape index (κ1) is 14.8. The SMILES string of the molecule is CNC(C)(C#N)CC(C)N1CCC2CCCCC2C1. The third kappa shape index (κ3) is 3.49. The zero-order chi connectivity index (χ0) is 13.9. The van der Waals surface area contributed by atoms with E-state index in [4.69, 9.17) is 0 Å². The first-order chi connectivity index (χ1) is 9.08. The summed E-state index contributed by atoms with van der Waals surface area (Å²) in [7, 11) is 1.89. The van der Waals surface area contributed by atoms with Crippen LogP contribution < -0.4 is 5.32 Å². The molecule has 1 aliphatic carbocycles. The number of hydrogen-bond donors (Lipinski definition) is 1. The molecule has 4 unspecified atom stereocenters. The lowest BCUT2D eigenvalue weighted by atomic mass is 9.74. The van der Waals surface area contributed by atoms with Crippen molar-refractivity contribution in [3.05, 3.63) is 0 Å². The van der Waals surface area contributed by atoms with Crippen LogP contribution in [0, 0.1) is 23.2 Å². The molecule has 1 saturated heterocycles. The molecule has 108 valence electrons. The molecule has 0 bridgehead atoms. The number of hydrogen-bond acceptors (Lipinski definition) is 3. The second-order valence-corrected chi connectivity index (χ2v) is 6.84. The molecule has 1 aliphatic heterocycles. The van der Waals surface area contributed by atoms with Crippen LogP contribution in [0.2, 0.25) is 0 Å². The van der Waals surface area contributed by atoms with Gasteiger partial charge in [-0.2, -0.15) is 5.26 Å². The van der Waals surface area contributed by atoms with E-state index >= 15 is 0 Å². The van der Waals surface area contributed by atoms with Crippen molar-refractivity contribution in [1.29, 1.82) is 5.26 Å². The van der Waals surface area contributed by atoms with Crippen molar-refractivity contribution >= 4 is 0 Å². The van der Waals surface area contributed by atoms with Gasteiger partial charge >= 0.3 is 0 Å². The van der Waals surface area contributed by atoms with Crippen molar-refractivity contribution in [2.24, 2.45) is 11.8 Å². The highest BCUT2D eigenvalue weighted by Gasteiger charge is 2.34. The Kier molecular flexibility index (Phi) is 4.86. The van der Waals surface area contributed by atoms with E-state index in [9.17, 15) is 5.26 Å². The minimum absolute atomic E-state index is 0.386. The van der Waals surface area contributed by atoms with E-state index in [1.165, 1.54) is 45.2 Å². The van der Waals surface area contributed by atoms with Gasteiger partial charge < -0.3 is 10.2 Å². The second-order valence-electron chi connectivity index (χ2n) is 6.84. The largest absolute Gasteiger partial charge is 0.303 e. The zero-order valence-corrected chi connectivity index (χ0v) is 12.8. The lowest BCUT2D eigenvalue weighted by molar-refractivity contribution is 0.0539. The molecule has 1 saturated carbocycles. The number of nitrogens with zero attached hydrogens (tertiary/aromatic N) is 2. The van der Waals surface area contributed by atoms with Crippen LogP contribution in [-0.2, 0) is 0 Å². The Bertz CT molecular complexity index is 335. The quantitative estimate of drug-likeness (QED) is 0.847. The summed E-state index contributed by atoms with van der Waals surface area (Å²) in [4.78, 5) is 2.62. The Labute approximate surface area is 118 Å². The standard InChI is InChI=1S/C16H29N3/c1-13(10-16(2,12-17)18-3)19-9-8-14-6-4-5-7-15(14)11-19/h13-15,18H,4-11H2,1-3H3. The molecule has 3 nitrogen and oxygen atoms in total. The molecule has 19 heavy (non-hydrogen) atoms. The number of fused-ring (bicyclic) bond motifs is 1. The van der Waals surface area contributed by atoms with Crippen LogP contribution >= 0.6 is 0 Å². The highest BCUT2D eigenvalue weighted by molar-refractivity contribution is 5.05. The number of nitrogens with one attached hydrogen (secondary N) is 1. The summed E-state index contributed by atoms with van der Waals surface area (Å²) in [6.45, 7) is 6.79. The minimum Gasteiger partial charge on any atom is -0.303 e. The van der Waals surface area contributed by atoms with E-state index in [0.29, 0.717) is 6.04 Å². The van der Waals surface area contributed by atoms with Crippen molar-refractivity contribution in [1.82, 2.24) is 10.2 Å². The first-order valence-electron chi connectivity index (χ1n) is 7.92. The highest BCUT2D eigenvalue weighted by Crippen LogP contribution is 2.37. The number of likely N-dealkylation sites (tertiary alicyclic amines) is 1. The van der Waals surface area contributed by atoms with Crippen LogP contribution in [0.1, 0.15) is 52.4 Å². The predicted molar refractivity (Wildman–Crippen MR) is 78.8 cm³/mol.